The lowest BCUT2D eigenvalue weighted by molar-refractivity contribution is -0.154. The average Bonchev–Trinajstić information content (AvgIpc) is 2.43. The van der Waals surface area contributed by atoms with Crippen LogP contribution in [0.25, 0.3) is 0 Å². The molecular formula is C14H25NO5. The number of rotatable bonds is 10. The molecule has 0 radical (unpaired) electrons. The van der Waals surface area contributed by atoms with Gasteiger partial charge in [0.25, 0.3) is 0 Å². The number of carbonyl (C=O) groups is 2. The highest BCUT2D eigenvalue weighted by atomic mass is 16.5. The quantitative estimate of drug-likeness (QED) is 0.348. The zero-order valence-electron chi connectivity index (χ0n) is 12.5. The lowest BCUT2D eigenvalue weighted by Crippen LogP contribution is -2.34. The van der Waals surface area contributed by atoms with Gasteiger partial charge in [0.2, 0.25) is 0 Å². The first-order valence-electron chi connectivity index (χ1n) is 6.68. The summed E-state index contributed by atoms with van der Waals surface area (Å²) in [6, 6.07) is 0. The summed E-state index contributed by atoms with van der Waals surface area (Å²) in [7, 11) is 0. The zero-order valence-corrected chi connectivity index (χ0v) is 12.5. The Kier molecular flexibility index (Phi) is 8.83. The monoisotopic (exact) mass is 287 g/mol. The number of ether oxygens (including phenoxy) is 2. The maximum Gasteiger partial charge on any atom is 0.330 e. The minimum atomic E-state index is -0.804. The Morgan fingerprint density at radius 1 is 1.40 bits per heavy atom. The van der Waals surface area contributed by atoms with E-state index in [2.05, 4.69) is 16.6 Å². The molecule has 0 aromatic heterocycles. The molecule has 0 aliphatic heterocycles. The van der Waals surface area contributed by atoms with Gasteiger partial charge >= 0.3 is 11.9 Å². The molecule has 20 heavy (non-hydrogen) atoms. The van der Waals surface area contributed by atoms with Crippen LogP contribution < -0.4 is 5.32 Å². The topological polar surface area (TPSA) is 84.9 Å². The fourth-order valence-corrected chi connectivity index (χ4v) is 1.12. The van der Waals surface area contributed by atoms with Crippen molar-refractivity contribution in [2.45, 2.75) is 33.3 Å². The molecule has 0 heterocycles. The van der Waals surface area contributed by atoms with Crippen LogP contribution in [0.4, 0.5) is 0 Å². The number of hydrogen-bond acceptors (Lipinski definition) is 6. The van der Waals surface area contributed by atoms with E-state index in [9.17, 15) is 14.7 Å². The second-order valence-corrected chi connectivity index (χ2v) is 5.07. The van der Waals surface area contributed by atoms with Crippen molar-refractivity contribution in [2.75, 3.05) is 26.3 Å². The Bertz CT molecular complexity index is 328. The summed E-state index contributed by atoms with van der Waals surface area (Å²) in [5.74, 6) is -0.804. The number of nitrogens with one attached hydrogen (secondary N) is 1. The summed E-state index contributed by atoms with van der Waals surface area (Å²) >= 11 is 0. The molecule has 2 N–H and O–H groups in total. The first kappa shape index (κ1) is 18.6. The Hall–Kier alpha value is -1.40. The van der Waals surface area contributed by atoms with E-state index in [1.165, 1.54) is 0 Å². The number of hydrogen-bond donors (Lipinski definition) is 2. The zero-order chi connectivity index (χ0) is 15.6. The molecule has 0 fully saturated rings. The largest absolute Gasteiger partial charge is 0.464 e. The van der Waals surface area contributed by atoms with Crippen molar-refractivity contribution in [3.8, 4) is 0 Å². The van der Waals surface area contributed by atoms with Crippen LogP contribution in [0.15, 0.2) is 12.7 Å². The Labute approximate surface area is 120 Å². The number of carbonyl (C=O) groups excluding carboxylic acids is 2. The third-order valence-corrected chi connectivity index (χ3v) is 2.91. The minimum absolute atomic E-state index is 0.0967. The third-order valence-electron chi connectivity index (χ3n) is 2.91. The van der Waals surface area contributed by atoms with Gasteiger partial charge in [0.05, 0.1) is 5.41 Å². The SMILES string of the molecule is C=CC(=O)OCC(O)CNCCOC(=O)C(C)(C)CC. The molecule has 0 amide bonds. The number of aliphatic hydroxyl groups is 1. The minimum Gasteiger partial charge on any atom is -0.464 e. The van der Waals surface area contributed by atoms with E-state index >= 15 is 0 Å². The standard InChI is InChI=1S/C14H25NO5/c1-5-12(17)20-10-11(16)9-15-7-8-19-13(18)14(3,4)6-2/h5,11,15-16H,1,6-10H2,2-4H3. The molecule has 0 bridgehead atoms. The molecule has 1 atom stereocenters. The Morgan fingerprint density at radius 3 is 2.60 bits per heavy atom. The van der Waals surface area contributed by atoms with Crippen LogP contribution >= 0.6 is 0 Å². The van der Waals surface area contributed by atoms with E-state index in [0.717, 1.165) is 6.08 Å². The highest BCUT2D eigenvalue weighted by Crippen LogP contribution is 2.21. The third kappa shape index (κ3) is 7.91. The van der Waals surface area contributed by atoms with Gasteiger partial charge in [0.15, 0.2) is 0 Å². The summed E-state index contributed by atoms with van der Waals surface area (Å²) in [6.45, 7) is 9.67. The number of aliphatic hydroxyl groups excluding tert-OH is 1. The first-order valence-corrected chi connectivity index (χ1v) is 6.68. The van der Waals surface area contributed by atoms with Crippen molar-refractivity contribution < 1.29 is 24.2 Å². The van der Waals surface area contributed by atoms with Crippen molar-refractivity contribution in [1.82, 2.24) is 5.32 Å². The van der Waals surface area contributed by atoms with Gasteiger partial charge in [-0.1, -0.05) is 13.5 Å². The van der Waals surface area contributed by atoms with E-state index in [1.807, 2.05) is 20.8 Å². The molecule has 6 heteroatoms. The predicted molar refractivity (Wildman–Crippen MR) is 75.1 cm³/mol. The molecule has 0 aliphatic carbocycles. The highest BCUT2D eigenvalue weighted by molar-refractivity contribution is 5.81. The van der Waals surface area contributed by atoms with Crippen LogP contribution in [0.3, 0.4) is 0 Å². The van der Waals surface area contributed by atoms with Gasteiger partial charge in [-0.2, -0.15) is 0 Å². The smallest absolute Gasteiger partial charge is 0.330 e. The van der Waals surface area contributed by atoms with E-state index in [0.29, 0.717) is 13.0 Å². The van der Waals surface area contributed by atoms with Crippen molar-refractivity contribution in [3.63, 3.8) is 0 Å². The van der Waals surface area contributed by atoms with Crippen LogP contribution in [-0.4, -0.2) is 49.5 Å². The summed E-state index contributed by atoms with van der Waals surface area (Å²) < 4.78 is 9.79. The molecule has 0 aliphatic rings. The van der Waals surface area contributed by atoms with Crippen LogP contribution in [0, 0.1) is 5.41 Å². The molecule has 0 spiro atoms. The Balaban J connectivity index is 3.64. The van der Waals surface area contributed by atoms with Crippen molar-refractivity contribution >= 4 is 11.9 Å². The van der Waals surface area contributed by atoms with Crippen molar-refractivity contribution in [1.29, 1.82) is 0 Å². The molecule has 0 saturated carbocycles. The lowest BCUT2D eigenvalue weighted by atomic mass is 9.91. The van der Waals surface area contributed by atoms with Gasteiger partial charge < -0.3 is 19.9 Å². The fourth-order valence-electron chi connectivity index (χ4n) is 1.12. The summed E-state index contributed by atoms with van der Waals surface area (Å²) in [5.41, 5.74) is -0.474. The van der Waals surface area contributed by atoms with Crippen molar-refractivity contribution in [3.05, 3.63) is 12.7 Å². The molecule has 116 valence electrons. The molecule has 0 saturated heterocycles. The molecular weight excluding hydrogens is 262 g/mol. The average molecular weight is 287 g/mol. The van der Waals surface area contributed by atoms with Gasteiger partial charge in [-0.25, -0.2) is 4.79 Å². The number of esters is 2. The molecule has 0 aromatic rings. The molecule has 1 unspecified atom stereocenters. The maximum atomic E-state index is 11.6. The normalized spacial score (nSPS) is 12.6. The van der Waals surface area contributed by atoms with E-state index in [4.69, 9.17) is 4.74 Å². The van der Waals surface area contributed by atoms with Crippen molar-refractivity contribution in [2.24, 2.45) is 5.41 Å². The summed E-state index contributed by atoms with van der Waals surface area (Å²) in [4.78, 5) is 22.4. The van der Waals surface area contributed by atoms with Gasteiger partial charge in [-0.3, -0.25) is 4.79 Å². The highest BCUT2D eigenvalue weighted by Gasteiger charge is 2.26. The van der Waals surface area contributed by atoms with Gasteiger partial charge in [-0.15, -0.1) is 0 Å². The lowest BCUT2D eigenvalue weighted by Gasteiger charge is -2.20. The molecule has 6 nitrogen and oxygen atoms in total. The first-order chi connectivity index (χ1) is 9.33. The van der Waals surface area contributed by atoms with Crippen LogP contribution in [0.5, 0.6) is 0 Å². The predicted octanol–water partition coefficient (Wildman–Crippen LogP) is 0.645. The van der Waals surface area contributed by atoms with Crippen LogP contribution in [0.1, 0.15) is 27.2 Å². The van der Waals surface area contributed by atoms with Crippen LogP contribution in [-0.2, 0) is 19.1 Å². The van der Waals surface area contributed by atoms with E-state index < -0.39 is 17.5 Å². The second-order valence-electron chi connectivity index (χ2n) is 5.07. The Morgan fingerprint density at radius 2 is 2.05 bits per heavy atom. The van der Waals surface area contributed by atoms with Gasteiger partial charge in [-0.05, 0) is 20.3 Å². The van der Waals surface area contributed by atoms with E-state index in [-0.39, 0.29) is 25.7 Å². The van der Waals surface area contributed by atoms with Gasteiger partial charge in [0.1, 0.15) is 19.3 Å². The molecule has 0 aromatic carbocycles. The molecule has 0 rings (SSSR count). The summed E-state index contributed by atoms with van der Waals surface area (Å²) in [5, 5.41) is 12.4. The maximum absolute atomic E-state index is 11.6. The second kappa shape index (κ2) is 9.50. The van der Waals surface area contributed by atoms with Crippen LogP contribution in [0.2, 0.25) is 0 Å². The summed E-state index contributed by atoms with van der Waals surface area (Å²) in [6.07, 6.45) is 0.948. The fraction of sp³-hybridized carbons (Fsp3) is 0.714. The van der Waals surface area contributed by atoms with E-state index in [1.54, 1.807) is 0 Å². The van der Waals surface area contributed by atoms with Gasteiger partial charge in [0, 0.05) is 19.2 Å².